The highest BCUT2D eigenvalue weighted by atomic mass is 15.2. The minimum absolute atomic E-state index is 0.480. The van der Waals surface area contributed by atoms with E-state index in [0.29, 0.717) is 5.41 Å². The molecule has 0 amide bonds. The quantitative estimate of drug-likeness (QED) is 0.825. The summed E-state index contributed by atoms with van der Waals surface area (Å²) >= 11 is 0. The molecule has 2 saturated carbocycles. The zero-order valence-electron chi connectivity index (χ0n) is 13.8. The molecule has 3 fully saturated rings. The van der Waals surface area contributed by atoms with Crippen molar-refractivity contribution in [2.75, 3.05) is 19.6 Å². The summed E-state index contributed by atoms with van der Waals surface area (Å²) in [6, 6.07) is 1.68. The van der Waals surface area contributed by atoms with E-state index in [9.17, 15) is 0 Å². The average Bonchev–Trinajstić information content (AvgIpc) is 3.04. The molecule has 20 heavy (non-hydrogen) atoms. The fourth-order valence-electron chi connectivity index (χ4n) is 4.11. The van der Waals surface area contributed by atoms with Crippen LogP contribution in [0.5, 0.6) is 0 Å². The van der Waals surface area contributed by atoms with Crippen molar-refractivity contribution in [3.05, 3.63) is 0 Å². The van der Waals surface area contributed by atoms with Gasteiger partial charge in [-0.15, -0.1) is 0 Å². The average molecular weight is 278 g/mol. The lowest BCUT2D eigenvalue weighted by Gasteiger charge is -2.46. The van der Waals surface area contributed by atoms with Crippen molar-refractivity contribution in [2.45, 2.75) is 77.8 Å². The SMILES string of the molecule is CC(C)(C)CC1CC(NCC2CC2)CN(C2CCC2)C1. The highest BCUT2D eigenvalue weighted by molar-refractivity contribution is 4.91. The summed E-state index contributed by atoms with van der Waals surface area (Å²) in [5.74, 6) is 1.91. The van der Waals surface area contributed by atoms with Gasteiger partial charge < -0.3 is 5.32 Å². The lowest BCUT2D eigenvalue weighted by Crippen LogP contribution is -2.54. The maximum absolute atomic E-state index is 3.89. The van der Waals surface area contributed by atoms with Crippen molar-refractivity contribution >= 4 is 0 Å². The molecule has 2 aliphatic carbocycles. The Bertz CT molecular complexity index is 312. The third kappa shape index (κ3) is 4.21. The zero-order valence-corrected chi connectivity index (χ0v) is 13.8. The Kier molecular flexibility index (Phi) is 4.42. The number of hydrogen-bond acceptors (Lipinski definition) is 2. The van der Waals surface area contributed by atoms with Crippen LogP contribution in [-0.4, -0.2) is 36.6 Å². The van der Waals surface area contributed by atoms with E-state index in [1.807, 2.05) is 0 Å². The Morgan fingerprint density at radius 3 is 2.30 bits per heavy atom. The van der Waals surface area contributed by atoms with Crippen LogP contribution >= 0.6 is 0 Å². The van der Waals surface area contributed by atoms with Gasteiger partial charge in [-0.2, -0.15) is 0 Å². The number of nitrogens with zero attached hydrogens (tertiary/aromatic N) is 1. The van der Waals surface area contributed by atoms with Crippen LogP contribution in [-0.2, 0) is 0 Å². The largest absolute Gasteiger partial charge is 0.312 e. The highest BCUT2D eigenvalue weighted by Gasteiger charge is 2.35. The van der Waals surface area contributed by atoms with Gasteiger partial charge in [0, 0.05) is 25.2 Å². The van der Waals surface area contributed by atoms with Crippen LogP contribution in [0.3, 0.4) is 0 Å². The number of nitrogens with one attached hydrogen (secondary N) is 1. The maximum Gasteiger partial charge on any atom is 0.0198 e. The van der Waals surface area contributed by atoms with Crippen LogP contribution in [0.2, 0.25) is 0 Å². The maximum atomic E-state index is 3.89. The molecule has 3 rings (SSSR count). The molecule has 116 valence electrons. The van der Waals surface area contributed by atoms with E-state index in [2.05, 4.69) is 31.0 Å². The van der Waals surface area contributed by atoms with Crippen LogP contribution in [0.1, 0.15) is 65.7 Å². The molecule has 1 aliphatic heterocycles. The van der Waals surface area contributed by atoms with E-state index < -0.39 is 0 Å². The first-order valence-corrected chi connectivity index (χ1v) is 8.97. The van der Waals surface area contributed by atoms with Crippen LogP contribution in [0.15, 0.2) is 0 Å². The molecule has 1 saturated heterocycles. The number of likely N-dealkylation sites (tertiary alicyclic amines) is 1. The lowest BCUT2D eigenvalue weighted by atomic mass is 9.78. The van der Waals surface area contributed by atoms with Crippen LogP contribution in [0.25, 0.3) is 0 Å². The van der Waals surface area contributed by atoms with Crippen molar-refractivity contribution in [3.63, 3.8) is 0 Å². The number of piperidine rings is 1. The van der Waals surface area contributed by atoms with E-state index in [1.165, 1.54) is 64.6 Å². The van der Waals surface area contributed by atoms with E-state index in [4.69, 9.17) is 0 Å². The molecule has 0 aromatic heterocycles. The van der Waals surface area contributed by atoms with Crippen molar-refractivity contribution in [2.24, 2.45) is 17.3 Å². The normalized spacial score (nSPS) is 33.1. The predicted octanol–water partition coefficient (Wildman–Crippen LogP) is 3.67. The molecule has 2 nitrogen and oxygen atoms in total. The minimum Gasteiger partial charge on any atom is -0.312 e. The zero-order chi connectivity index (χ0) is 14.2. The molecular formula is C18H34N2. The predicted molar refractivity (Wildman–Crippen MR) is 85.9 cm³/mol. The van der Waals surface area contributed by atoms with E-state index in [-0.39, 0.29) is 0 Å². The first-order chi connectivity index (χ1) is 9.49. The minimum atomic E-state index is 0.480. The summed E-state index contributed by atoms with van der Waals surface area (Å²) in [5.41, 5.74) is 0.480. The monoisotopic (exact) mass is 278 g/mol. The lowest BCUT2D eigenvalue weighted by molar-refractivity contribution is 0.0460. The second-order valence-corrected chi connectivity index (χ2v) is 8.95. The summed E-state index contributed by atoms with van der Waals surface area (Å²) in [6.07, 6.45) is 10.1. The number of rotatable bonds is 5. The van der Waals surface area contributed by atoms with Gasteiger partial charge in [-0.05, 0) is 62.3 Å². The first-order valence-electron chi connectivity index (χ1n) is 8.97. The molecule has 2 unspecified atom stereocenters. The van der Waals surface area contributed by atoms with Gasteiger partial charge in [0.05, 0.1) is 0 Å². The van der Waals surface area contributed by atoms with Gasteiger partial charge in [0.2, 0.25) is 0 Å². The van der Waals surface area contributed by atoms with Crippen LogP contribution in [0, 0.1) is 17.3 Å². The Morgan fingerprint density at radius 1 is 1.00 bits per heavy atom. The van der Waals surface area contributed by atoms with Gasteiger partial charge in [-0.25, -0.2) is 0 Å². The standard InChI is InChI=1S/C18H34N2/c1-18(2,3)10-15-9-16(19-11-14-7-8-14)13-20(12-15)17-5-4-6-17/h14-17,19H,4-13H2,1-3H3. The summed E-state index contributed by atoms with van der Waals surface area (Å²) < 4.78 is 0. The molecule has 0 spiro atoms. The molecule has 0 radical (unpaired) electrons. The molecule has 0 aromatic rings. The Labute approximate surface area is 125 Å². The number of hydrogen-bond donors (Lipinski definition) is 1. The van der Waals surface area contributed by atoms with Gasteiger partial charge in [0.15, 0.2) is 0 Å². The molecule has 0 aromatic carbocycles. The van der Waals surface area contributed by atoms with Crippen molar-refractivity contribution < 1.29 is 0 Å². The molecule has 2 heteroatoms. The fourth-order valence-corrected chi connectivity index (χ4v) is 4.11. The van der Waals surface area contributed by atoms with Crippen molar-refractivity contribution in [3.8, 4) is 0 Å². The molecular weight excluding hydrogens is 244 g/mol. The van der Waals surface area contributed by atoms with Crippen molar-refractivity contribution in [1.82, 2.24) is 10.2 Å². The molecule has 3 aliphatic rings. The third-order valence-corrected chi connectivity index (χ3v) is 5.45. The van der Waals surface area contributed by atoms with Crippen molar-refractivity contribution in [1.29, 1.82) is 0 Å². The van der Waals surface area contributed by atoms with E-state index in [0.717, 1.165) is 23.9 Å². The van der Waals surface area contributed by atoms with E-state index >= 15 is 0 Å². The summed E-state index contributed by atoms with van der Waals surface area (Å²) in [6.45, 7) is 11.2. The Morgan fingerprint density at radius 2 is 1.75 bits per heavy atom. The van der Waals surface area contributed by atoms with Gasteiger partial charge >= 0.3 is 0 Å². The first kappa shape index (κ1) is 14.8. The highest BCUT2D eigenvalue weighted by Crippen LogP contribution is 2.35. The van der Waals surface area contributed by atoms with Gasteiger partial charge in [-0.3, -0.25) is 4.90 Å². The Hall–Kier alpha value is -0.0800. The van der Waals surface area contributed by atoms with Crippen LogP contribution in [0.4, 0.5) is 0 Å². The topological polar surface area (TPSA) is 15.3 Å². The smallest absolute Gasteiger partial charge is 0.0198 e. The fraction of sp³-hybridized carbons (Fsp3) is 1.00. The van der Waals surface area contributed by atoms with Gasteiger partial charge in [0.1, 0.15) is 0 Å². The van der Waals surface area contributed by atoms with Gasteiger partial charge in [-0.1, -0.05) is 27.2 Å². The summed E-state index contributed by atoms with van der Waals surface area (Å²) in [4.78, 5) is 2.83. The van der Waals surface area contributed by atoms with Gasteiger partial charge in [0.25, 0.3) is 0 Å². The molecule has 1 N–H and O–H groups in total. The molecule has 2 atom stereocenters. The second-order valence-electron chi connectivity index (χ2n) is 8.95. The van der Waals surface area contributed by atoms with Crippen LogP contribution < -0.4 is 5.32 Å². The molecule has 1 heterocycles. The molecule has 0 bridgehead atoms. The van der Waals surface area contributed by atoms with E-state index in [1.54, 1.807) is 0 Å². The Balaban J connectivity index is 1.55. The third-order valence-electron chi connectivity index (χ3n) is 5.45. The summed E-state index contributed by atoms with van der Waals surface area (Å²) in [7, 11) is 0. The second kappa shape index (κ2) is 5.96. The summed E-state index contributed by atoms with van der Waals surface area (Å²) in [5, 5.41) is 3.89.